The summed E-state index contributed by atoms with van der Waals surface area (Å²) in [6, 6.07) is 0. The lowest BCUT2D eigenvalue weighted by molar-refractivity contribution is -0.148. The Balaban J connectivity index is 4.36. The van der Waals surface area contributed by atoms with Gasteiger partial charge in [-0.25, -0.2) is 0 Å². The molecule has 0 saturated carbocycles. The van der Waals surface area contributed by atoms with E-state index in [-0.39, 0.29) is 5.97 Å². The van der Waals surface area contributed by atoms with Gasteiger partial charge in [0.25, 0.3) is 0 Å². The third kappa shape index (κ3) is 5.36. The first-order valence-electron chi connectivity index (χ1n) is 6.93. The number of esters is 1. The van der Waals surface area contributed by atoms with Crippen LogP contribution in [0.5, 0.6) is 0 Å². The molecule has 0 rings (SSSR count). The van der Waals surface area contributed by atoms with E-state index in [1.54, 1.807) is 0 Å². The molecule has 0 fully saturated rings. The van der Waals surface area contributed by atoms with Gasteiger partial charge in [0.15, 0.2) is 0 Å². The third-order valence-corrected chi connectivity index (χ3v) is 3.83. The van der Waals surface area contributed by atoms with Crippen molar-refractivity contribution in [3.63, 3.8) is 0 Å². The fraction of sp³-hybridized carbons (Fsp3) is 0.929. The van der Waals surface area contributed by atoms with E-state index in [0.717, 1.165) is 26.1 Å². The van der Waals surface area contributed by atoms with Crippen LogP contribution in [-0.2, 0) is 9.53 Å². The lowest BCUT2D eigenvalue weighted by atomic mass is 9.97. The molecule has 2 atom stereocenters. The maximum absolute atomic E-state index is 11.7. The Morgan fingerprint density at radius 1 is 1.44 bits per heavy atom. The number of nitrogens with zero attached hydrogens (tertiary/aromatic N) is 1. The predicted molar refractivity (Wildman–Crippen MR) is 75.7 cm³/mol. The standard InChI is InChI=1S/C14H30N2O2/c1-7-12(3)11-16(8-2)10-9-14(4,15-5)13(17)18-6/h12,15H,7-11H2,1-6H3. The number of ether oxygens (including phenoxy) is 1. The Kier molecular flexibility index (Phi) is 8.20. The van der Waals surface area contributed by atoms with E-state index >= 15 is 0 Å². The molecule has 1 N–H and O–H groups in total. The molecule has 4 heteroatoms. The van der Waals surface area contributed by atoms with Gasteiger partial charge in [-0.05, 0) is 32.9 Å². The van der Waals surface area contributed by atoms with E-state index in [0.29, 0.717) is 5.92 Å². The summed E-state index contributed by atoms with van der Waals surface area (Å²) < 4.78 is 4.85. The summed E-state index contributed by atoms with van der Waals surface area (Å²) in [6.07, 6.45) is 1.96. The summed E-state index contributed by atoms with van der Waals surface area (Å²) in [4.78, 5) is 14.1. The second-order valence-corrected chi connectivity index (χ2v) is 5.23. The zero-order valence-electron chi connectivity index (χ0n) is 12.9. The molecule has 0 aromatic rings. The summed E-state index contributed by atoms with van der Waals surface area (Å²) in [5, 5.41) is 3.07. The second-order valence-electron chi connectivity index (χ2n) is 5.23. The van der Waals surface area contributed by atoms with Crippen LogP contribution in [-0.4, -0.2) is 50.2 Å². The highest BCUT2D eigenvalue weighted by atomic mass is 16.5. The highest BCUT2D eigenvalue weighted by molar-refractivity contribution is 5.80. The molecular formula is C14H30N2O2. The van der Waals surface area contributed by atoms with Gasteiger partial charge >= 0.3 is 5.97 Å². The molecule has 0 aliphatic rings. The van der Waals surface area contributed by atoms with E-state index in [9.17, 15) is 4.79 Å². The number of carbonyl (C=O) groups excluding carboxylic acids is 1. The number of rotatable bonds is 9. The van der Waals surface area contributed by atoms with Gasteiger partial charge < -0.3 is 15.0 Å². The van der Waals surface area contributed by atoms with Gasteiger partial charge in [0.1, 0.15) is 5.54 Å². The number of likely N-dealkylation sites (N-methyl/N-ethyl adjacent to an activating group) is 1. The van der Waals surface area contributed by atoms with Gasteiger partial charge in [-0.1, -0.05) is 27.2 Å². The van der Waals surface area contributed by atoms with Crippen molar-refractivity contribution >= 4 is 5.97 Å². The maximum Gasteiger partial charge on any atom is 0.325 e. The highest BCUT2D eigenvalue weighted by Crippen LogP contribution is 2.13. The van der Waals surface area contributed by atoms with Gasteiger partial charge in [-0.3, -0.25) is 4.79 Å². The van der Waals surface area contributed by atoms with E-state index in [4.69, 9.17) is 4.74 Å². The quantitative estimate of drug-likeness (QED) is 0.641. The van der Waals surface area contributed by atoms with Crippen LogP contribution in [0.1, 0.15) is 40.5 Å². The molecule has 0 heterocycles. The highest BCUT2D eigenvalue weighted by Gasteiger charge is 2.32. The van der Waals surface area contributed by atoms with Crippen LogP contribution in [0, 0.1) is 5.92 Å². The number of hydrogen-bond acceptors (Lipinski definition) is 4. The van der Waals surface area contributed by atoms with E-state index in [2.05, 4.69) is 31.0 Å². The number of nitrogens with one attached hydrogen (secondary N) is 1. The predicted octanol–water partition coefficient (Wildman–Crippen LogP) is 1.90. The molecule has 2 unspecified atom stereocenters. The molecule has 0 aliphatic carbocycles. The van der Waals surface area contributed by atoms with Crippen LogP contribution in [0.25, 0.3) is 0 Å². The number of carbonyl (C=O) groups is 1. The maximum atomic E-state index is 11.7. The second kappa shape index (κ2) is 8.48. The molecule has 0 bridgehead atoms. The zero-order chi connectivity index (χ0) is 14.2. The lowest BCUT2D eigenvalue weighted by Gasteiger charge is -2.30. The normalized spacial score (nSPS) is 16.4. The first kappa shape index (κ1) is 17.4. The first-order valence-corrected chi connectivity index (χ1v) is 6.93. The minimum atomic E-state index is -0.586. The van der Waals surface area contributed by atoms with Crippen LogP contribution in [0.3, 0.4) is 0 Å². The average molecular weight is 258 g/mol. The molecule has 0 spiro atoms. The molecule has 0 amide bonds. The molecule has 0 radical (unpaired) electrons. The Labute approximate surface area is 112 Å². The molecule has 0 aliphatic heterocycles. The largest absolute Gasteiger partial charge is 0.468 e. The first-order chi connectivity index (χ1) is 8.43. The summed E-state index contributed by atoms with van der Waals surface area (Å²) in [5.41, 5.74) is -0.586. The van der Waals surface area contributed by atoms with Crippen LogP contribution < -0.4 is 5.32 Å². The third-order valence-electron chi connectivity index (χ3n) is 3.83. The molecule has 0 aromatic heterocycles. The molecular weight excluding hydrogens is 228 g/mol. The van der Waals surface area contributed by atoms with Crippen molar-refractivity contribution in [2.75, 3.05) is 33.8 Å². The van der Waals surface area contributed by atoms with Crippen molar-refractivity contribution in [2.45, 2.75) is 46.1 Å². The van der Waals surface area contributed by atoms with Crippen molar-refractivity contribution in [3.05, 3.63) is 0 Å². The Morgan fingerprint density at radius 2 is 2.06 bits per heavy atom. The van der Waals surface area contributed by atoms with Gasteiger partial charge in [-0.15, -0.1) is 0 Å². The van der Waals surface area contributed by atoms with Crippen LogP contribution in [0.2, 0.25) is 0 Å². The summed E-state index contributed by atoms with van der Waals surface area (Å²) in [6.45, 7) is 11.6. The lowest BCUT2D eigenvalue weighted by Crippen LogP contribution is -2.50. The van der Waals surface area contributed by atoms with Crippen LogP contribution >= 0.6 is 0 Å². The van der Waals surface area contributed by atoms with Gasteiger partial charge in [0.2, 0.25) is 0 Å². The van der Waals surface area contributed by atoms with E-state index in [1.165, 1.54) is 13.5 Å². The summed E-state index contributed by atoms with van der Waals surface area (Å²) in [5.74, 6) is 0.508. The van der Waals surface area contributed by atoms with Crippen molar-refractivity contribution in [1.29, 1.82) is 0 Å². The molecule has 108 valence electrons. The van der Waals surface area contributed by atoms with Gasteiger partial charge in [0.05, 0.1) is 7.11 Å². The zero-order valence-corrected chi connectivity index (χ0v) is 12.9. The summed E-state index contributed by atoms with van der Waals surface area (Å²) >= 11 is 0. The van der Waals surface area contributed by atoms with Crippen molar-refractivity contribution < 1.29 is 9.53 Å². The molecule has 0 aromatic carbocycles. The van der Waals surface area contributed by atoms with Crippen molar-refractivity contribution in [2.24, 2.45) is 5.92 Å². The van der Waals surface area contributed by atoms with Gasteiger partial charge in [-0.2, -0.15) is 0 Å². The van der Waals surface area contributed by atoms with Crippen LogP contribution in [0.15, 0.2) is 0 Å². The molecule has 0 saturated heterocycles. The van der Waals surface area contributed by atoms with E-state index in [1.807, 2.05) is 14.0 Å². The SMILES string of the molecule is CCC(C)CN(CC)CCC(C)(NC)C(=O)OC. The molecule has 18 heavy (non-hydrogen) atoms. The number of hydrogen-bond donors (Lipinski definition) is 1. The van der Waals surface area contributed by atoms with Crippen molar-refractivity contribution in [3.8, 4) is 0 Å². The van der Waals surface area contributed by atoms with Crippen LogP contribution in [0.4, 0.5) is 0 Å². The Morgan fingerprint density at radius 3 is 2.44 bits per heavy atom. The Bertz CT molecular complexity index is 246. The number of methoxy groups -OCH3 is 1. The minimum Gasteiger partial charge on any atom is -0.468 e. The fourth-order valence-electron chi connectivity index (χ4n) is 1.88. The monoisotopic (exact) mass is 258 g/mol. The fourth-order valence-corrected chi connectivity index (χ4v) is 1.88. The molecule has 4 nitrogen and oxygen atoms in total. The van der Waals surface area contributed by atoms with Gasteiger partial charge in [0, 0.05) is 13.1 Å². The minimum absolute atomic E-state index is 0.190. The van der Waals surface area contributed by atoms with E-state index < -0.39 is 5.54 Å². The topological polar surface area (TPSA) is 41.6 Å². The Hall–Kier alpha value is -0.610. The average Bonchev–Trinajstić information content (AvgIpc) is 2.41. The smallest absolute Gasteiger partial charge is 0.325 e. The summed E-state index contributed by atoms with van der Waals surface area (Å²) in [7, 11) is 3.25. The van der Waals surface area contributed by atoms with Crippen molar-refractivity contribution in [1.82, 2.24) is 10.2 Å².